The summed E-state index contributed by atoms with van der Waals surface area (Å²) in [7, 11) is 0. The largest absolute Gasteiger partial charge is 0.489 e. The number of ether oxygens (including phenoxy) is 1. The van der Waals surface area contributed by atoms with Crippen molar-refractivity contribution in [2.24, 2.45) is 5.73 Å². The summed E-state index contributed by atoms with van der Waals surface area (Å²) < 4.78 is 19.1. The first-order valence-electron chi connectivity index (χ1n) is 8.12. The van der Waals surface area contributed by atoms with E-state index in [1.54, 1.807) is 6.07 Å². The second kappa shape index (κ2) is 7.45. The number of primary amides is 1. The fourth-order valence-electron chi connectivity index (χ4n) is 3.12. The maximum absolute atomic E-state index is 13.3. The molecule has 0 radical (unpaired) electrons. The van der Waals surface area contributed by atoms with Gasteiger partial charge in [0.2, 0.25) is 5.91 Å². The fourth-order valence-corrected chi connectivity index (χ4v) is 3.12. The van der Waals surface area contributed by atoms with E-state index in [1.165, 1.54) is 12.1 Å². The lowest BCUT2D eigenvalue weighted by Crippen LogP contribution is -2.39. The van der Waals surface area contributed by atoms with Gasteiger partial charge in [-0.2, -0.15) is 0 Å². The van der Waals surface area contributed by atoms with Crippen LogP contribution >= 0.6 is 0 Å². The Kier molecular flexibility index (Phi) is 5.11. The van der Waals surface area contributed by atoms with Gasteiger partial charge in [0.15, 0.2) is 0 Å². The highest BCUT2D eigenvalue weighted by atomic mass is 19.1. The van der Waals surface area contributed by atoms with E-state index in [0.29, 0.717) is 13.2 Å². The van der Waals surface area contributed by atoms with Gasteiger partial charge in [-0.3, -0.25) is 9.69 Å². The number of carbonyl (C=O) groups excluding carboxylic acids is 1. The molecular formula is C19H21FN2O2. The summed E-state index contributed by atoms with van der Waals surface area (Å²) in [6, 6.07) is 13.9. The summed E-state index contributed by atoms with van der Waals surface area (Å²) in [5, 5.41) is 0. The first kappa shape index (κ1) is 16.5. The predicted octanol–water partition coefficient (Wildman–Crippen LogP) is 2.85. The third kappa shape index (κ3) is 3.92. The molecule has 1 aliphatic heterocycles. The lowest BCUT2D eigenvalue weighted by molar-refractivity contribution is -0.122. The van der Waals surface area contributed by atoms with Crippen molar-refractivity contribution in [1.29, 1.82) is 0 Å². The second-order valence-corrected chi connectivity index (χ2v) is 6.06. The number of nitrogens with zero attached hydrogens (tertiary/aromatic N) is 1. The Morgan fingerprint density at radius 1 is 1.25 bits per heavy atom. The van der Waals surface area contributed by atoms with Gasteiger partial charge in [0, 0.05) is 12.1 Å². The Balaban J connectivity index is 1.70. The maximum Gasteiger partial charge on any atom is 0.234 e. The molecule has 1 heterocycles. The predicted molar refractivity (Wildman–Crippen MR) is 89.8 cm³/mol. The Labute approximate surface area is 141 Å². The van der Waals surface area contributed by atoms with E-state index < -0.39 is 0 Å². The molecule has 1 saturated heterocycles. The normalized spacial score (nSPS) is 17.8. The van der Waals surface area contributed by atoms with Crippen LogP contribution in [0.15, 0.2) is 48.5 Å². The van der Waals surface area contributed by atoms with Crippen LogP contribution in [0.4, 0.5) is 4.39 Å². The minimum absolute atomic E-state index is 0.207. The van der Waals surface area contributed by atoms with E-state index in [0.717, 1.165) is 36.3 Å². The molecular weight excluding hydrogens is 307 g/mol. The van der Waals surface area contributed by atoms with Crippen LogP contribution in [0.2, 0.25) is 0 Å². The van der Waals surface area contributed by atoms with Gasteiger partial charge in [-0.1, -0.05) is 30.3 Å². The number of nitrogens with two attached hydrogens (primary N) is 1. The van der Waals surface area contributed by atoms with Crippen molar-refractivity contribution in [3.05, 3.63) is 65.5 Å². The molecule has 1 unspecified atom stereocenters. The molecule has 2 aromatic carbocycles. The van der Waals surface area contributed by atoms with Crippen molar-refractivity contribution in [1.82, 2.24) is 4.90 Å². The first-order valence-corrected chi connectivity index (χ1v) is 8.12. The number of hydrogen-bond donors (Lipinski definition) is 1. The van der Waals surface area contributed by atoms with Gasteiger partial charge < -0.3 is 10.5 Å². The third-order valence-electron chi connectivity index (χ3n) is 4.32. The van der Waals surface area contributed by atoms with Crippen LogP contribution in [0.5, 0.6) is 5.75 Å². The molecule has 2 aromatic rings. The lowest BCUT2D eigenvalue weighted by atomic mass is 10.1. The highest BCUT2D eigenvalue weighted by Gasteiger charge is 2.29. The van der Waals surface area contributed by atoms with E-state index in [1.807, 2.05) is 30.3 Å². The third-order valence-corrected chi connectivity index (χ3v) is 4.32. The highest BCUT2D eigenvalue weighted by molar-refractivity contribution is 5.80. The molecule has 126 valence electrons. The van der Waals surface area contributed by atoms with Gasteiger partial charge in [-0.05, 0) is 43.1 Å². The fraction of sp³-hybridized carbons (Fsp3) is 0.316. The SMILES string of the molecule is NC(=O)C1CCCN1Cc1ccccc1OCc1cccc(F)c1. The molecule has 0 bridgehead atoms. The van der Waals surface area contributed by atoms with Crippen molar-refractivity contribution >= 4 is 5.91 Å². The van der Waals surface area contributed by atoms with Gasteiger partial charge in [0.25, 0.3) is 0 Å². The molecule has 1 atom stereocenters. The molecule has 1 aliphatic rings. The molecule has 0 aliphatic carbocycles. The van der Waals surface area contributed by atoms with Gasteiger partial charge in [-0.15, -0.1) is 0 Å². The zero-order valence-electron chi connectivity index (χ0n) is 13.5. The number of halogens is 1. The summed E-state index contributed by atoms with van der Waals surface area (Å²) in [6.07, 6.45) is 1.78. The highest BCUT2D eigenvalue weighted by Crippen LogP contribution is 2.25. The van der Waals surface area contributed by atoms with Crippen LogP contribution in [0.3, 0.4) is 0 Å². The van der Waals surface area contributed by atoms with Gasteiger partial charge in [-0.25, -0.2) is 4.39 Å². The molecule has 4 nitrogen and oxygen atoms in total. The minimum Gasteiger partial charge on any atom is -0.489 e. The van der Waals surface area contributed by atoms with E-state index in [9.17, 15) is 9.18 Å². The molecule has 5 heteroatoms. The molecule has 0 aromatic heterocycles. The first-order chi connectivity index (χ1) is 11.6. The number of likely N-dealkylation sites (tertiary alicyclic amines) is 1. The zero-order chi connectivity index (χ0) is 16.9. The Morgan fingerprint density at radius 2 is 2.08 bits per heavy atom. The van der Waals surface area contributed by atoms with Gasteiger partial charge in [0.1, 0.15) is 18.2 Å². The summed E-state index contributed by atoms with van der Waals surface area (Å²) in [6.45, 7) is 1.77. The van der Waals surface area contributed by atoms with Crippen LogP contribution in [-0.4, -0.2) is 23.4 Å². The van der Waals surface area contributed by atoms with Crippen molar-refractivity contribution in [3.8, 4) is 5.75 Å². The number of rotatable bonds is 6. The Bertz CT molecular complexity index is 720. The number of amides is 1. The van der Waals surface area contributed by atoms with Crippen LogP contribution in [-0.2, 0) is 17.9 Å². The van der Waals surface area contributed by atoms with Crippen molar-refractivity contribution in [2.75, 3.05) is 6.54 Å². The van der Waals surface area contributed by atoms with Crippen molar-refractivity contribution < 1.29 is 13.9 Å². The van der Waals surface area contributed by atoms with Crippen LogP contribution in [0, 0.1) is 5.82 Å². The Hall–Kier alpha value is -2.40. The summed E-state index contributed by atoms with van der Waals surface area (Å²) in [4.78, 5) is 13.6. The second-order valence-electron chi connectivity index (χ2n) is 6.06. The van der Waals surface area contributed by atoms with E-state index in [2.05, 4.69) is 4.90 Å². The van der Waals surface area contributed by atoms with E-state index in [-0.39, 0.29) is 17.8 Å². The topological polar surface area (TPSA) is 55.6 Å². The molecule has 2 N–H and O–H groups in total. The number of para-hydroxylation sites is 1. The maximum atomic E-state index is 13.3. The van der Waals surface area contributed by atoms with Crippen molar-refractivity contribution in [2.45, 2.75) is 32.0 Å². The van der Waals surface area contributed by atoms with Crippen LogP contribution in [0.1, 0.15) is 24.0 Å². The minimum atomic E-state index is -0.273. The quantitative estimate of drug-likeness (QED) is 0.887. The van der Waals surface area contributed by atoms with E-state index in [4.69, 9.17) is 10.5 Å². The molecule has 3 rings (SSSR count). The average Bonchev–Trinajstić information content (AvgIpc) is 3.03. The van der Waals surface area contributed by atoms with Gasteiger partial charge in [0.05, 0.1) is 6.04 Å². The number of benzene rings is 2. The lowest BCUT2D eigenvalue weighted by Gasteiger charge is -2.23. The monoisotopic (exact) mass is 328 g/mol. The van der Waals surface area contributed by atoms with Crippen molar-refractivity contribution in [3.63, 3.8) is 0 Å². The summed E-state index contributed by atoms with van der Waals surface area (Å²) >= 11 is 0. The van der Waals surface area contributed by atoms with Crippen LogP contribution < -0.4 is 10.5 Å². The summed E-state index contributed by atoms with van der Waals surface area (Å²) in [5.41, 5.74) is 7.26. The summed E-state index contributed by atoms with van der Waals surface area (Å²) in [5.74, 6) is 0.202. The zero-order valence-corrected chi connectivity index (χ0v) is 13.5. The molecule has 0 saturated carbocycles. The molecule has 0 spiro atoms. The van der Waals surface area contributed by atoms with Gasteiger partial charge >= 0.3 is 0 Å². The standard InChI is InChI=1S/C19H21FN2O2/c20-16-7-3-5-14(11-16)13-24-18-9-2-1-6-15(18)12-22-10-4-8-17(22)19(21)23/h1-3,5-7,9,11,17H,4,8,10,12-13H2,(H2,21,23). The smallest absolute Gasteiger partial charge is 0.234 e. The van der Waals surface area contributed by atoms with Crippen LogP contribution in [0.25, 0.3) is 0 Å². The average molecular weight is 328 g/mol. The Morgan fingerprint density at radius 3 is 2.88 bits per heavy atom. The number of hydrogen-bond acceptors (Lipinski definition) is 3. The van der Waals surface area contributed by atoms with E-state index >= 15 is 0 Å². The molecule has 1 amide bonds. The molecule has 1 fully saturated rings. The number of carbonyl (C=O) groups is 1. The molecule has 24 heavy (non-hydrogen) atoms.